The van der Waals surface area contributed by atoms with Gasteiger partial charge < -0.3 is 14.8 Å². The molecule has 22 heavy (non-hydrogen) atoms. The van der Waals surface area contributed by atoms with E-state index >= 15 is 0 Å². The highest BCUT2D eigenvalue weighted by Gasteiger charge is 2.19. The van der Waals surface area contributed by atoms with Crippen molar-refractivity contribution in [3.05, 3.63) is 61.8 Å². The van der Waals surface area contributed by atoms with Crippen LogP contribution in [-0.2, 0) is 0 Å². The zero-order chi connectivity index (χ0) is 16.3. The van der Waals surface area contributed by atoms with Crippen LogP contribution >= 0.6 is 23.2 Å². The molecule has 1 amide bonds. The molecule has 0 spiro atoms. The van der Waals surface area contributed by atoms with Gasteiger partial charge in [0.25, 0.3) is 5.91 Å². The zero-order valence-corrected chi connectivity index (χ0v) is 12.5. The Hall–Kier alpha value is -2.09. The lowest BCUT2D eigenvalue weighted by Crippen LogP contribution is -2.28. The van der Waals surface area contributed by atoms with Crippen LogP contribution in [0.3, 0.4) is 0 Å². The molecule has 0 aliphatic rings. The maximum Gasteiger partial charge on any atom is 0.433 e. The van der Waals surface area contributed by atoms with Gasteiger partial charge in [-0.2, -0.15) is 0 Å². The predicted molar refractivity (Wildman–Crippen MR) is 79.1 cm³/mol. The van der Waals surface area contributed by atoms with E-state index in [1.807, 2.05) is 0 Å². The third kappa shape index (κ3) is 3.76. The van der Waals surface area contributed by atoms with E-state index < -0.39 is 22.8 Å². The summed E-state index contributed by atoms with van der Waals surface area (Å²) < 4.78 is 4.75. The average Bonchev–Trinajstić information content (AvgIpc) is 2.94. The smallest absolute Gasteiger partial charge is 0.395 e. The summed E-state index contributed by atoms with van der Waals surface area (Å²) in [6, 6.07) is 6.82. The lowest BCUT2D eigenvalue weighted by molar-refractivity contribution is -0.402. The van der Waals surface area contributed by atoms with Crippen LogP contribution in [0.25, 0.3) is 0 Å². The molecule has 0 saturated heterocycles. The third-order valence-corrected chi connectivity index (χ3v) is 3.34. The van der Waals surface area contributed by atoms with Gasteiger partial charge in [-0.15, -0.1) is 0 Å². The van der Waals surface area contributed by atoms with Crippen molar-refractivity contribution in [3.63, 3.8) is 0 Å². The van der Waals surface area contributed by atoms with Crippen LogP contribution in [0.4, 0.5) is 5.88 Å². The number of halogens is 2. The van der Waals surface area contributed by atoms with E-state index in [4.69, 9.17) is 27.6 Å². The Morgan fingerprint density at radius 1 is 1.36 bits per heavy atom. The standard InChI is InChI=1S/C13H10Cl2N2O5/c14-7-1-2-8(9(15)5-7)10(18)6-16-13(19)11-3-4-12(22-11)17(20)21/h1-5,10,18H,6H2,(H,16,19)/t10-/m0/s1. The van der Waals surface area contributed by atoms with Gasteiger partial charge in [-0.25, -0.2) is 0 Å². The number of benzene rings is 1. The number of carbonyl (C=O) groups excluding carboxylic acids is 1. The van der Waals surface area contributed by atoms with Gasteiger partial charge in [0.05, 0.1) is 12.2 Å². The first-order valence-electron chi connectivity index (χ1n) is 6.04. The van der Waals surface area contributed by atoms with Crippen molar-refractivity contribution in [2.45, 2.75) is 6.10 Å². The first-order chi connectivity index (χ1) is 10.4. The van der Waals surface area contributed by atoms with Crippen molar-refractivity contribution in [1.82, 2.24) is 5.32 Å². The van der Waals surface area contributed by atoms with Crippen LogP contribution in [0, 0.1) is 10.1 Å². The molecule has 0 aliphatic carbocycles. The third-order valence-electron chi connectivity index (χ3n) is 2.77. The molecular weight excluding hydrogens is 335 g/mol. The second kappa shape index (κ2) is 6.78. The second-order valence-electron chi connectivity index (χ2n) is 4.29. The van der Waals surface area contributed by atoms with Crippen LogP contribution in [0.2, 0.25) is 10.0 Å². The summed E-state index contributed by atoms with van der Waals surface area (Å²) in [4.78, 5) is 21.5. The quantitative estimate of drug-likeness (QED) is 0.640. The van der Waals surface area contributed by atoms with Crippen molar-refractivity contribution < 1.29 is 19.2 Å². The molecule has 0 bridgehead atoms. The zero-order valence-electron chi connectivity index (χ0n) is 11.0. The van der Waals surface area contributed by atoms with Gasteiger partial charge in [-0.05, 0) is 18.2 Å². The highest BCUT2D eigenvalue weighted by molar-refractivity contribution is 6.35. The van der Waals surface area contributed by atoms with Gasteiger partial charge in [-0.1, -0.05) is 29.3 Å². The van der Waals surface area contributed by atoms with Crippen LogP contribution in [0.1, 0.15) is 22.2 Å². The minimum Gasteiger partial charge on any atom is -0.395 e. The molecule has 1 aromatic carbocycles. The number of rotatable bonds is 5. The molecule has 0 unspecified atom stereocenters. The van der Waals surface area contributed by atoms with Gasteiger partial charge in [-0.3, -0.25) is 14.9 Å². The highest BCUT2D eigenvalue weighted by Crippen LogP contribution is 2.26. The molecule has 2 rings (SSSR count). The van der Waals surface area contributed by atoms with Gasteiger partial charge in [0.1, 0.15) is 4.92 Å². The van der Waals surface area contributed by atoms with Crippen molar-refractivity contribution in [3.8, 4) is 0 Å². The Balaban J connectivity index is 1.99. The van der Waals surface area contributed by atoms with Crippen molar-refractivity contribution >= 4 is 35.0 Å². The molecule has 2 aromatic rings. The molecule has 0 radical (unpaired) electrons. The number of nitrogens with one attached hydrogen (secondary N) is 1. The monoisotopic (exact) mass is 344 g/mol. The Morgan fingerprint density at radius 3 is 2.68 bits per heavy atom. The first-order valence-corrected chi connectivity index (χ1v) is 6.79. The minimum atomic E-state index is -1.06. The van der Waals surface area contributed by atoms with Gasteiger partial charge in [0.15, 0.2) is 5.76 Å². The summed E-state index contributed by atoms with van der Waals surface area (Å²) >= 11 is 11.7. The summed E-state index contributed by atoms with van der Waals surface area (Å²) in [5, 5.41) is 23.6. The maximum absolute atomic E-state index is 11.8. The number of carbonyl (C=O) groups is 1. The molecule has 2 N–H and O–H groups in total. The molecule has 1 atom stereocenters. The molecule has 1 aromatic heterocycles. The number of nitro groups is 1. The molecule has 0 fully saturated rings. The van der Waals surface area contributed by atoms with Crippen molar-refractivity contribution in [2.75, 3.05) is 6.54 Å². The van der Waals surface area contributed by atoms with E-state index in [0.717, 1.165) is 6.07 Å². The predicted octanol–water partition coefficient (Wildman–Crippen LogP) is 2.96. The van der Waals surface area contributed by atoms with E-state index in [9.17, 15) is 20.0 Å². The van der Waals surface area contributed by atoms with E-state index in [-0.39, 0.29) is 17.3 Å². The first kappa shape index (κ1) is 16.3. The normalized spacial score (nSPS) is 12.0. The Kier molecular flexibility index (Phi) is 5.02. The summed E-state index contributed by atoms with van der Waals surface area (Å²) in [6.45, 7) is -0.144. The van der Waals surface area contributed by atoms with E-state index in [1.54, 1.807) is 12.1 Å². The number of aliphatic hydroxyl groups excluding tert-OH is 1. The van der Waals surface area contributed by atoms with Gasteiger partial charge in [0, 0.05) is 22.2 Å². The van der Waals surface area contributed by atoms with E-state index in [2.05, 4.69) is 5.32 Å². The van der Waals surface area contributed by atoms with Crippen molar-refractivity contribution in [2.24, 2.45) is 0 Å². The Labute approximate surface area is 134 Å². The van der Waals surface area contributed by atoms with Crippen molar-refractivity contribution in [1.29, 1.82) is 0 Å². The van der Waals surface area contributed by atoms with Crippen LogP contribution in [0.5, 0.6) is 0 Å². The SMILES string of the molecule is O=C(NC[C@H](O)c1ccc(Cl)cc1Cl)c1ccc([N+](=O)[O-])o1. The minimum absolute atomic E-state index is 0.144. The average molecular weight is 345 g/mol. The molecule has 9 heteroatoms. The van der Waals surface area contributed by atoms with E-state index in [0.29, 0.717) is 10.6 Å². The largest absolute Gasteiger partial charge is 0.433 e. The lowest BCUT2D eigenvalue weighted by Gasteiger charge is -2.13. The van der Waals surface area contributed by atoms with Crippen LogP contribution in [0.15, 0.2) is 34.7 Å². The van der Waals surface area contributed by atoms with E-state index in [1.165, 1.54) is 12.1 Å². The summed E-state index contributed by atoms with van der Waals surface area (Å²) in [5.74, 6) is -1.44. The number of aliphatic hydroxyl groups is 1. The fourth-order valence-corrected chi connectivity index (χ4v) is 2.24. The number of nitrogens with zero attached hydrogens (tertiary/aromatic N) is 1. The van der Waals surface area contributed by atoms with Gasteiger partial charge >= 0.3 is 5.88 Å². The molecular formula is C13H10Cl2N2O5. The lowest BCUT2D eigenvalue weighted by atomic mass is 10.1. The maximum atomic E-state index is 11.8. The molecule has 0 saturated carbocycles. The second-order valence-corrected chi connectivity index (χ2v) is 5.13. The van der Waals surface area contributed by atoms with Crippen LogP contribution in [-0.4, -0.2) is 22.5 Å². The fourth-order valence-electron chi connectivity index (χ4n) is 1.71. The molecule has 0 aliphatic heterocycles. The molecule has 116 valence electrons. The summed E-state index contributed by atoms with van der Waals surface area (Å²) in [6.07, 6.45) is -1.06. The number of amides is 1. The number of furan rings is 1. The summed E-state index contributed by atoms with van der Waals surface area (Å²) in [7, 11) is 0. The van der Waals surface area contributed by atoms with Gasteiger partial charge in [0.2, 0.25) is 0 Å². The molecule has 7 nitrogen and oxygen atoms in total. The Bertz CT molecular complexity index is 716. The summed E-state index contributed by atoms with van der Waals surface area (Å²) in [5.41, 5.74) is 0.400. The topological polar surface area (TPSA) is 106 Å². The fraction of sp³-hybridized carbons (Fsp3) is 0.154. The van der Waals surface area contributed by atoms with Crippen LogP contribution < -0.4 is 5.32 Å². The number of hydrogen-bond acceptors (Lipinski definition) is 5. The number of hydrogen-bond donors (Lipinski definition) is 2. The Morgan fingerprint density at radius 2 is 2.09 bits per heavy atom. The highest BCUT2D eigenvalue weighted by atomic mass is 35.5. The molecule has 1 heterocycles.